The van der Waals surface area contributed by atoms with E-state index in [1.807, 2.05) is 0 Å². The highest BCUT2D eigenvalue weighted by Crippen LogP contribution is 2.16. The van der Waals surface area contributed by atoms with Gasteiger partial charge >= 0.3 is 0 Å². The minimum Gasteiger partial charge on any atom is -0.463 e. The third kappa shape index (κ3) is 3.49. The molecule has 1 atom stereocenters. The molecule has 1 unspecified atom stereocenters. The largest absolute Gasteiger partial charge is 0.463 e. The van der Waals surface area contributed by atoms with Crippen LogP contribution in [0, 0.1) is 0 Å². The molecule has 3 rings (SSSR count). The van der Waals surface area contributed by atoms with Crippen molar-refractivity contribution < 1.29 is 13.9 Å². The van der Waals surface area contributed by atoms with E-state index >= 15 is 0 Å². The van der Waals surface area contributed by atoms with Gasteiger partial charge in [0, 0.05) is 19.2 Å². The number of furan rings is 1. The van der Waals surface area contributed by atoms with Gasteiger partial charge in [-0.3, -0.25) is 15.0 Å². The molecular formula is C15H18N4O4. The maximum atomic E-state index is 12.3. The summed E-state index contributed by atoms with van der Waals surface area (Å²) in [6.45, 7) is 4.01. The molecule has 1 aliphatic rings. The molecule has 1 N–H and O–H groups in total. The summed E-state index contributed by atoms with van der Waals surface area (Å²) < 4.78 is 11.7. The molecule has 1 fully saturated rings. The average Bonchev–Trinajstić information content (AvgIpc) is 3.10. The topological polar surface area (TPSA) is 89.6 Å². The van der Waals surface area contributed by atoms with Crippen LogP contribution in [-0.4, -0.2) is 47.0 Å². The van der Waals surface area contributed by atoms with Crippen LogP contribution in [0.25, 0.3) is 11.5 Å². The zero-order valence-corrected chi connectivity index (χ0v) is 12.8. The Balaban J connectivity index is 1.78. The zero-order chi connectivity index (χ0) is 16.2. The van der Waals surface area contributed by atoms with E-state index in [0.29, 0.717) is 37.8 Å². The number of rotatable bonds is 4. The number of hydrazine groups is 1. The Labute approximate surface area is 132 Å². The molecule has 0 aliphatic carbocycles. The highest BCUT2D eigenvalue weighted by atomic mass is 16.5. The SMILES string of the molecule is CC(C(=O)NN1CCOCC1)n1nc(-c2ccco2)ccc1=O. The molecule has 8 heteroatoms. The summed E-state index contributed by atoms with van der Waals surface area (Å²) in [7, 11) is 0. The van der Waals surface area contributed by atoms with Crippen molar-refractivity contribution in [3.05, 3.63) is 40.9 Å². The lowest BCUT2D eigenvalue weighted by Crippen LogP contribution is -2.50. The third-order valence-electron chi connectivity index (χ3n) is 3.62. The van der Waals surface area contributed by atoms with Crippen molar-refractivity contribution in [2.45, 2.75) is 13.0 Å². The van der Waals surface area contributed by atoms with Crippen molar-refractivity contribution in [3.63, 3.8) is 0 Å². The summed E-state index contributed by atoms with van der Waals surface area (Å²) in [6, 6.07) is 5.70. The number of nitrogens with one attached hydrogen (secondary N) is 1. The van der Waals surface area contributed by atoms with Crippen LogP contribution in [0.4, 0.5) is 0 Å². The molecular weight excluding hydrogens is 300 g/mol. The lowest BCUT2D eigenvalue weighted by molar-refractivity contribution is -0.131. The van der Waals surface area contributed by atoms with Crippen LogP contribution in [0.15, 0.2) is 39.7 Å². The van der Waals surface area contributed by atoms with Crippen molar-refractivity contribution in [1.29, 1.82) is 0 Å². The van der Waals surface area contributed by atoms with E-state index < -0.39 is 6.04 Å². The summed E-state index contributed by atoms with van der Waals surface area (Å²) in [6.07, 6.45) is 1.53. The van der Waals surface area contributed by atoms with Gasteiger partial charge in [-0.2, -0.15) is 5.10 Å². The van der Waals surface area contributed by atoms with E-state index in [0.717, 1.165) is 4.68 Å². The van der Waals surface area contributed by atoms with E-state index in [1.54, 1.807) is 30.1 Å². The molecule has 2 aromatic rings. The molecule has 23 heavy (non-hydrogen) atoms. The maximum absolute atomic E-state index is 12.3. The molecule has 8 nitrogen and oxygen atoms in total. The monoisotopic (exact) mass is 318 g/mol. The van der Waals surface area contributed by atoms with Crippen molar-refractivity contribution in [2.24, 2.45) is 0 Å². The summed E-state index contributed by atoms with van der Waals surface area (Å²) >= 11 is 0. The van der Waals surface area contributed by atoms with Crippen LogP contribution in [0.3, 0.4) is 0 Å². The van der Waals surface area contributed by atoms with Gasteiger partial charge in [-0.1, -0.05) is 0 Å². The van der Waals surface area contributed by atoms with Gasteiger partial charge in [0.25, 0.3) is 11.5 Å². The Hall–Kier alpha value is -2.45. The summed E-state index contributed by atoms with van der Waals surface area (Å²) in [4.78, 5) is 24.4. The Bertz CT molecular complexity index is 719. The zero-order valence-electron chi connectivity index (χ0n) is 12.8. The Morgan fingerprint density at radius 2 is 2.09 bits per heavy atom. The Morgan fingerprint density at radius 1 is 1.30 bits per heavy atom. The second-order valence-electron chi connectivity index (χ2n) is 5.23. The smallest absolute Gasteiger partial charge is 0.267 e. The third-order valence-corrected chi connectivity index (χ3v) is 3.62. The van der Waals surface area contributed by atoms with Gasteiger partial charge < -0.3 is 9.15 Å². The second kappa shape index (κ2) is 6.76. The lowest BCUT2D eigenvalue weighted by Gasteiger charge is -2.28. The Kier molecular flexibility index (Phi) is 4.54. The van der Waals surface area contributed by atoms with E-state index in [1.165, 1.54) is 12.3 Å². The molecule has 0 bridgehead atoms. The number of hydrogen-bond donors (Lipinski definition) is 1. The predicted molar refractivity (Wildman–Crippen MR) is 81.4 cm³/mol. The standard InChI is InChI=1S/C15H18N4O4/c1-11(15(21)17-18-6-9-22-10-7-18)19-14(20)5-4-12(16-19)13-3-2-8-23-13/h2-5,8,11H,6-7,9-10H2,1H3,(H,17,21). The van der Waals surface area contributed by atoms with Gasteiger partial charge in [0.2, 0.25) is 0 Å². The van der Waals surface area contributed by atoms with Crippen LogP contribution >= 0.6 is 0 Å². The van der Waals surface area contributed by atoms with Crippen LogP contribution in [0.1, 0.15) is 13.0 Å². The fourth-order valence-corrected chi connectivity index (χ4v) is 2.29. The van der Waals surface area contributed by atoms with Gasteiger partial charge in [0.15, 0.2) is 5.76 Å². The van der Waals surface area contributed by atoms with Crippen LogP contribution in [0.2, 0.25) is 0 Å². The lowest BCUT2D eigenvalue weighted by atomic mass is 10.3. The number of carbonyl (C=O) groups excluding carboxylic acids is 1. The van der Waals surface area contributed by atoms with Crippen molar-refractivity contribution in [1.82, 2.24) is 20.2 Å². The fourth-order valence-electron chi connectivity index (χ4n) is 2.29. The summed E-state index contributed by atoms with van der Waals surface area (Å²) in [5, 5.41) is 6.02. The van der Waals surface area contributed by atoms with Crippen LogP contribution in [-0.2, 0) is 9.53 Å². The van der Waals surface area contributed by atoms with Crippen molar-refractivity contribution in [3.8, 4) is 11.5 Å². The first-order chi connectivity index (χ1) is 11.1. The van der Waals surface area contributed by atoms with Crippen LogP contribution < -0.4 is 11.0 Å². The normalized spacial score (nSPS) is 16.9. The van der Waals surface area contributed by atoms with Gasteiger partial charge in [0.1, 0.15) is 11.7 Å². The number of hydrogen-bond acceptors (Lipinski definition) is 6. The van der Waals surface area contributed by atoms with Gasteiger partial charge in [0.05, 0.1) is 19.5 Å². The molecule has 2 aromatic heterocycles. The highest BCUT2D eigenvalue weighted by molar-refractivity contribution is 5.79. The molecule has 0 saturated carbocycles. The number of amides is 1. The molecule has 122 valence electrons. The second-order valence-corrected chi connectivity index (χ2v) is 5.23. The predicted octanol–water partition coefficient (Wildman–Crippen LogP) is 0.428. The van der Waals surface area contributed by atoms with E-state index in [9.17, 15) is 9.59 Å². The molecule has 3 heterocycles. The van der Waals surface area contributed by atoms with E-state index in [2.05, 4.69) is 10.5 Å². The molecule has 1 aliphatic heterocycles. The maximum Gasteiger partial charge on any atom is 0.267 e. The Morgan fingerprint density at radius 3 is 2.78 bits per heavy atom. The molecule has 1 saturated heterocycles. The highest BCUT2D eigenvalue weighted by Gasteiger charge is 2.21. The minimum atomic E-state index is -0.736. The van der Waals surface area contributed by atoms with Crippen molar-refractivity contribution in [2.75, 3.05) is 26.3 Å². The number of nitrogens with zero attached hydrogens (tertiary/aromatic N) is 3. The summed E-state index contributed by atoms with van der Waals surface area (Å²) in [5.41, 5.74) is 2.95. The molecule has 0 radical (unpaired) electrons. The first kappa shape index (κ1) is 15.4. The number of aromatic nitrogens is 2. The fraction of sp³-hybridized carbons (Fsp3) is 0.400. The molecule has 0 aromatic carbocycles. The summed E-state index contributed by atoms with van der Waals surface area (Å²) in [5.74, 6) is 0.248. The molecule has 1 amide bonds. The van der Waals surface area contributed by atoms with Gasteiger partial charge in [-0.15, -0.1) is 0 Å². The van der Waals surface area contributed by atoms with E-state index in [4.69, 9.17) is 9.15 Å². The first-order valence-electron chi connectivity index (χ1n) is 7.42. The van der Waals surface area contributed by atoms with Crippen molar-refractivity contribution >= 4 is 5.91 Å². The minimum absolute atomic E-state index is 0.293. The molecule has 0 spiro atoms. The quantitative estimate of drug-likeness (QED) is 0.879. The number of ether oxygens (including phenoxy) is 1. The van der Waals surface area contributed by atoms with E-state index in [-0.39, 0.29) is 11.5 Å². The van der Waals surface area contributed by atoms with Gasteiger partial charge in [-0.25, -0.2) is 9.69 Å². The first-order valence-corrected chi connectivity index (χ1v) is 7.42. The number of morpholine rings is 1. The number of carbonyl (C=O) groups is 1. The van der Waals surface area contributed by atoms with Crippen LogP contribution in [0.5, 0.6) is 0 Å². The van der Waals surface area contributed by atoms with Gasteiger partial charge in [-0.05, 0) is 25.1 Å². The average molecular weight is 318 g/mol.